The molecule has 0 aromatic heterocycles. The Kier molecular flexibility index (Phi) is 11.3. The lowest BCUT2D eigenvalue weighted by Crippen LogP contribution is -2.52. The fraction of sp³-hybridized carbons (Fsp3) is 0.667. The molecular weight excluding hydrogens is 396 g/mol. The van der Waals surface area contributed by atoms with Gasteiger partial charge in [0.1, 0.15) is 11.6 Å². The molecule has 1 aromatic rings. The SMILES string of the molecule is CSCCCN(CCC(C)C)C(=O)[C@H](Cc1ccccc1)N(C)C(=O)OC(C)(C)C. The van der Waals surface area contributed by atoms with Crippen LogP contribution < -0.4 is 0 Å². The number of carbonyl (C=O) groups is 2. The van der Waals surface area contributed by atoms with Crippen LogP contribution in [0.1, 0.15) is 53.0 Å². The summed E-state index contributed by atoms with van der Waals surface area (Å²) in [4.78, 5) is 29.8. The molecular formula is C24H40N2O3S. The van der Waals surface area contributed by atoms with Gasteiger partial charge in [-0.05, 0) is 57.1 Å². The van der Waals surface area contributed by atoms with Crippen molar-refractivity contribution in [1.82, 2.24) is 9.80 Å². The molecule has 2 amide bonds. The molecule has 6 heteroatoms. The van der Waals surface area contributed by atoms with Gasteiger partial charge in [0, 0.05) is 26.6 Å². The Morgan fingerprint density at radius 3 is 2.27 bits per heavy atom. The predicted molar refractivity (Wildman–Crippen MR) is 127 cm³/mol. The van der Waals surface area contributed by atoms with E-state index in [-0.39, 0.29) is 5.91 Å². The first kappa shape index (κ1) is 26.3. The monoisotopic (exact) mass is 436 g/mol. The zero-order valence-electron chi connectivity index (χ0n) is 19.8. The standard InChI is InChI=1S/C24H40N2O3S/c1-19(2)14-16-26(15-11-17-30-7)22(27)21(18-20-12-9-8-10-13-20)25(6)23(28)29-24(3,4)5/h8-10,12-13,19,21H,11,14-18H2,1-7H3/t21-/m0/s1. The lowest BCUT2D eigenvalue weighted by Gasteiger charge is -2.34. The molecule has 0 radical (unpaired) electrons. The van der Waals surface area contributed by atoms with Gasteiger partial charge in [0.15, 0.2) is 0 Å². The van der Waals surface area contributed by atoms with Crippen molar-refractivity contribution in [2.24, 2.45) is 5.92 Å². The second-order valence-electron chi connectivity index (χ2n) is 9.15. The topological polar surface area (TPSA) is 49.9 Å². The first-order valence-electron chi connectivity index (χ1n) is 10.8. The summed E-state index contributed by atoms with van der Waals surface area (Å²) >= 11 is 1.79. The molecule has 0 bridgehead atoms. The van der Waals surface area contributed by atoms with Crippen LogP contribution in [0.15, 0.2) is 30.3 Å². The van der Waals surface area contributed by atoms with Gasteiger partial charge in [-0.3, -0.25) is 9.69 Å². The number of rotatable bonds is 11. The number of amides is 2. The van der Waals surface area contributed by atoms with Gasteiger partial charge in [-0.2, -0.15) is 11.8 Å². The molecule has 0 saturated carbocycles. The van der Waals surface area contributed by atoms with Gasteiger partial charge in [-0.25, -0.2) is 4.79 Å². The Balaban J connectivity index is 3.10. The second-order valence-corrected chi connectivity index (χ2v) is 10.1. The van der Waals surface area contributed by atoms with Crippen LogP contribution in [0, 0.1) is 5.92 Å². The highest BCUT2D eigenvalue weighted by Gasteiger charge is 2.33. The molecule has 1 aromatic carbocycles. The molecule has 0 aliphatic rings. The molecule has 0 heterocycles. The molecule has 30 heavy (non-hydrogen) atoms. The summed E-state index contributed by atoms with van der Waals surface area (Å²) in [6.07, 6.45) is 3.97. The van der Waals surface area contributed by atoms with Gasteiger partial charge in [-0.1, -0.05) is 44.2 Å². The smallest absolute Gasteiger partial charge is 0.410 e. The quantitative estimate of drug-likeness (QED) is 0.453. The van der Waals surface area contributed by atoms with Crippen LogP contribution in [-0.2, 0) is 16.0 Å². The summed E-state index contributed by atoms with van der Waals surface area (Å²) in [6.45, 7) is 11.3. The molecule has 170 valence electrons. The van der Waals surface area contributed by atoms with Crippen LogP contribution >= 0.6 is 11.8 Å². The Morgan fingerprint density at radius 1 is 1.10 bits per heavy atom. The number of hydrogen-bond donors (Lipinski definition) is 0. The number of nitrogens with zero attached hydrogens (tertiary/aromatic N) is 2. The molecule has 0 unspecified atom stereocenters. The fourth-order valence-corrected chi connectivity index (χ4v) is 3.46. The first-order valence-corrected chi connectivity index (χ1v) is 12.2. The first-order chi connectivity index (χ1) is 14.0. The number of ether oxygens (including phenoxy) is 1. The van der Waals surface area contributed by atoms with E-state index in [0.29, 0.717) is 25.4 Å². The van der Waals surface area contributed by atoms with Crippen molar-refractivity contribution >= 4 is 23.8 Å². The minimum absolute atomic E-state index is 0.00559. The zero-order chi connectivity index (χ0) is 22.7. The average molecular weight is 437 g/mol. The summed E-state index contributed by atoms with van der Waals surface area (Å²) < 4.78 is 5.56. The third-order valence-electron chi connectivity index (χ3n) is 4.77. The zero-order valence-corrected chi connectivity index (χ0v) is 20.6. The van der Waals surface area contributed by atoms with Crippen molar-refractivity contribution in [3.05, 3.63) is 35.9 Å². The molecule has 0 aliphatic carbocycles. The Morgan fingerprint density at radius 2 is 1.73 bits per heavy atom. The van der Waals surface area contributed by atoms with Crippen molar-refractivity contribution in [3.8, 4) is 0 Å². The molecule has 1 rings (SSSR count). The maximum atomic E-state index is 13.6. The average Bonchev–Trinajstić information content (AvgIpc) is 2.67. The molecule has 0 aliphatic heterocycles. The maximum Gasteiger partial charge on any atom is 0.410 e. The van der Waals surface area contributed by atoms with Crippen LogP contribution in [0.3, 0.4) is 0 Å². The van der Waals surface area contributed by atoms with Gasteiger partial charge in [-0.15, -0.1) is 0 Å². The third-order valence-corrected chi connectivity index (χ3v) is 5.47. The normalized spacial score (nSPS) is 12.5. The third kappa shape index (κ3) is 9.88. The van der Waals surface area contributed by atoms with Gasteiger partial charge in [0.05, 0.1) is 0 Å². The van der Waals surface area contributed by atoms with Crippen molar-refractivity contribution < 1.29 is 14.3 Å². The lowest BCUT2D eigenvalue weighted by molar-refractivity contribution is -0.136. The molecule has 5 nitrogen and oxygen atoms in total. The van der Waals surface area contributed by atoms with Crippen LogP contribution in [0.2, 0.25) is 0 Å². The van der Waals surface area contributed by atoms with E-state index in [4.69, 9.17) is 4.74 Å². The van der Waals surface area contributed by atoms with E-state index >= 15 is 0 Å². The summed E-state index contributed by atoms with van der Waals surface area (Å²) in [7, 11) is 1.67. The minimum atomic E-state index is -0.610. The second kappa shape index (κ2) is 12.9. The van der Waals surface area contributed by atoms with Gasteiger partial charge < -0.3 is 9.64 Å². The predicted octanol–water partition coefficient (Wildman–Crippen LogP) is 5.09. The molecule has 0 saturated heterocycles. The molecule has 0 spiro atoms. The van der Waals surface area contributed by atoms with Crippen molar-refractivity contribution in [2.75, 3.05) is 32.1 Å². The van der Waals surface area contributed by atoms with Gasteiger partial charge >= 0.3 is 6.09 Å². The van der Waals surface area contributed by atoms with E-state index in [1.807, 2.05) is 56.0 Å². The van der Waals surface area contributed by atoms with Crippen molar-refractivity contribution in [1.29, 1.82) is 0 Å². The number of thioether (sulfide) groups is 1. The van der Waals surface area contributed by atoms with E-state index in [2.05, 4.69) is 20.1 Å². The fourth-order valence-electron chi connectivity index (χ4n) is 3.05. The van der Waals surface area contributed by atoms with Crippen LogP contribution in [-0.4, -0.2) is 65.6 Å². The summed E-state index contributed by atoms with van der Waals surface area (Å²) in [5.74, 6) is 1.52. The van der Waals surface area contributed by atoms with Crippen LogP contribution in [0.5, 0.6) is 0 Å². The van der Waals surface area contributed by atoms with E-state index < -0.39 is 17.7 Å². The van der Waals surface area contributed by atoms with Gasteiger partial charge in [0.25, 0.3) is 0 Å². The number of benzene rings is 1. The largest absolute Gasteiger partial charge is 0.444 e. The highest BCUT2D eigenvalue weighted by Crippen LogP contribution is 2.17. The Labute approximate surface area is 187 Å². The minimum Gasteiger partial charge on any atom is -0.444 e. The van der Waals surface area contributed by atoms with Crippen LogP contribution in [0.25, 0.3) is 0 Å². The maximum absolute atomic E-state index is 13.6. The van der Waals surface area contributed by atoms with E-state index in [1.54, 1.807) is 18.8 Å². The Hall–Kier alpha value is -1.69. The van der Waals surface area contributed by atoms with Crippen molar-refractivity contribution in [3.63, 3.8) is 0 Å². The molecule has 0 N–H and O–H groups in total. The van der Waals surface area contributed by atoms with Gasteiger partial charge in [0.2, 0.25) is 5.91 Å². The van der Waals surface area contributed by atoms with Crippen molar-refractivity contribution in [2.45, 2.75) is 65.5 Å². The van der Waals surface area contributed by atoms with E-state index in [9.17, 15) is 9.59 Å². The highest BCUT2D eigenvalue weighted by atomic mass is 32.2. The summed E-state index contributed by atoms with van der Waals surface area (Å²) in [6, 6.07) is 9.27. The summed E-state index contributed by atoms with van der Waals surface area (Å²) in [5, 5.41) is 0. The number of likely N-dealkylation sites (N-methyl/N-ethyl adjacent to an activating group) is 1. The number of hydrogen-bond acceptors (Lipinski definition) is 4. The van der Waals surface area contributed by atoms with Crippen LogP contribution in [0.4, 0.5) is 4.79 Å². The van der Waals surface area contributed by atoms with E-state index in [1.165, 1.54) is 4.90 Å². The Bertz CT molecular complexity index is 644. The number of carbonyl (C=O) groups excluding carboxylic acids is 2. The van der Waals surface area contributed by atoms with E-state index in [0.717, 1.165) is 24.2 Å². The molecule has 1 atom stereocenters. The highest BCUT2D eigenvalue weighted by molar-refractivity contribution is 7.98. The molecule has 0 fully saturated rings. The lowest BCUT2D eigenvalue weighted by atomic mass is 10.0. The summed E-state index contributed by atoms with van der Waals surface area (Å²) in [5.41, 5.74) is 0.417.